The molecule has 0 radical (unpaired) electrons. The summed E-state index contributed by atoms with van der Waals surface area (Å²) in [7, 11) is -0.261. The number of rotatable bonds is 4. The molecule has 2 aliphatic rings. The van der Waals surface area contributed by atoms with Crippen molar-refractivity contribution >= 4 is 18.7 Å². The van der Waals surface area contributed by atoms with Crippen molar-refractivity contribution in [3.8, 4) is 0 Å². The fourth-order valence-electron chi connectivity index (χ4n) is 3.66. The van der Waals surface area contributed by atoms with Crippen LogP contribution in [0.4, 0.5) is 0 Å². The van der Waals surface area contributed by atoms with E-state index in [1.54, 1.807) is 0 Å². The monoisotopic (exact) mass is 360 g/mol. The molecule has 0 unspecified atom stereocenters. The first-order chi connectivity index (χ1) is 11.8. The van der Waals surface area contributed by atoms with E-state index in [1.807, 2.05) is 12.1 Å². The van der Waals surface area contributed by atoms with Crippen molar-refractivity contribution < 1.29 is 9.31 Å². The molecule has 0 amide bonds. The van der Waals surface area contributed by atoms with Crippen molar-refractivity contribution in [3.63, 3.8) is 0 Å². The molecule has 1 saturated heterocycles. The first-order valence-corrected chi connectivity index (χ1v) is 9.95. The van der Waals surface area contributed by atoms with Gasteiger partial charge in [0, 0.05) is 5.02 Å². The summed E-state index contributed by atoms with van der Waals surface area (Å²) in [5.41, 5.74) is 1.90. The Morgan fingerprint density at radius 2 is 1.60 bits per heavy atom. The standard InChI is InChI=1S/C21H30BClO2/c1-20(2)21(3,4)25-22(24-20)18(14-16-8-6-5-7-9-16)15-17-10-12-19(23)13-11-17/h10-14,16H,5-9,15H2,1-4H3/b18-14+. The topological polar surface area (TPSA) is 18.5 Å². The van der Waals surface area contributed by atoms with Gasteiger partial charge >= 0.3 is 7.12 Å². The number of allylic oxidation sites excluding steroid dienone is 2. The fraction of sp³-hybridized carbons (Fsp3) is 0.619. The van der Waals surface area contributed by atoms with Gasteiger partial charge in [0.2, 0.25) is 0 Å². The first-order valence-electron chi connectivity index (χ1n) is 9.57. The number of halogens is 1. The van der Waals surface area contributed by atoms with Crippen molar-refractivity contribution in [3.05, 3.63) is 46.4 Å². The van der Waals surface area contributed by atoms with Gasteiger partial charge in [-0.25, -0.2) is 0 Å². The summed E-state index contributed by atoms with van der Waals surface area (Å²) in [6.45, 7) is 8.47. The van der Waals surface area contributed by atoms with E-state index in [9.17, 15) is 0 Å². The molecular weight excluding hydrogens is 330 g/mol. The van der Waals surface area contributed by atoms with Crippen LogP contribution in [0.15, 0.2) is 35.8 Å². The van der Waals surface area contributed by atoms with Gasteiger partial charge in [-0.1, -0.05) is 49.1 Å². The fourth-order valence-corrected chi connectivity index (χ4v) is 3.78. The quantitative estimate of drug-likeness (QED) is 0.611. The maximum Gasteiger partial charge on any atom is 0.490 e. The third-order valence-corrected chi connectivity index (χ3v) is 6.23. The third kappa shape index (κ3) is 4.50. The molecule has 0 N–H and O–H groups in total. The largest absolute Gasteiger partial charge is 0.490 e. The highest BCUT2D eigenvalue weighted by Crippen LogP contribution is 2.40. The van der Waals surface area contributed by atoms with E-state index in [4.69, 9.17) is 20.9 Å². The minimum Gasteiger partial charge on any atom is -0.400 e. The van der Waals surface area contributed by atoms with Gasteiger partial charge in [0.15, 0.2) is 0 Å². The molecule has 1 aliphatic carbocycles. The summed E-state index contributed by atoms with van der Waals surface area (Å²) < 4.78 is 12.7. The normalized spacial score (nSPS) is 23.9. The Bertz CT molecular complexity index is 599. The van der Waals surface area contributed by atoms with Crippen LogP contribution >= 0.6 is 11.6 Å². The molecule has 4 heteroatoms. The number of hydrogen-bond acceptors (Lipinski definition) is 2. The highest BCUT2D eigenvalue weighted by molar-refractivity contribution is 6.54. The van der Waals surface area contributed by atoms with Crippen LogP contribution < -0.4 is 0 Å². The molecule has 0 bridgehead atoms. The maximum atomic E-state index is 6.35. The van der Waals surface area contributed by atoms with E-state index < -0.39 is 0 Å². The molecular formula is C21H30BClO2. The van der Waals surface area contributed by atoms with E-state index in [0.717, 1.165) is 11.4 Å². The second-order valence-electron chi connectivity index (χ2n) is 8.53. The van der Waals surface area contributed by atoms with E-state index in [-0.39, 0.29) is 18.3 Å². The zero-order valence-electron chi connectivity index (χ0n) is 16.0. The third-order valence-electron chi connectivity index (χ3n) is 5.98. The lowest BCUT2D eigenvalue weighted by atomic mass is 9.72. The minimum atomic E-state index is -0.302. The van der Waals surface area contributed by atoms with Gasteiger partial charge in [-0.05, 0) is 76.0 Å². The molecule has 2 fully saturated rings. The van der Waals surface area contributed by atoms with Crippen molar-refractivity contribution in [2.24, 2.45) is 5.92 Å². The lowest BCUT2D eigenvalue weighted by Crippen LogP contribution is -2.41. The van der Waals surface area contributed by atoms with Crippen molar-refractivity contribution in [1.82, 2.24) is 0 Å². The van der Waals surface area contributed by atoms with Crippen LogP contribution in [0.3, 0.4) is 0 Å². The average molecular weight is 361 g/mol. The summed E-state index contributed by atoms with van der Waals surface area (Å²) in [6, 6.07) is 8.11. The molecule has 0 spiro atoms. The molecule has 2 nitrogen and oxygen atoms in total. The van der Waals surface area contributed by atoms with E-state index in [2.05, 4.69) is 45.9 Å². The summed E-state index contributed by atoms with van der Waals surface area (Å²) >= 11 is 6.04. The van der Waals surface area contributed by atoms with Crippen LogP contribution in [0.25, 0.3) is 0 Å². The van der Waals surface area contributed by atoms with E-state index in [1.165, 1.54) is 43.1 Å². The van der Waals surface area contributed by atoms with Crippen molar-refractivity contribution in [2.45, 2.75) is 77.4 Å². The summed E-state index contributed by atoms with van der Waals surface area (Å²) in [4.78, 5) is 0. The van der Waals surface area contributed by atoms with Crippen LogP contribution in [-0.2, 0) is 15.7 Å². The summed E-state index contributed by atoms with van der Waals surface area (Å²) in [5.74, 6) is 0.648. The Morgan fingerprint density at radius 1 is 1.04 bits per heavy atom. The van der Waals surface area contributed by atoms with Crippen molar-refractivity contribution in [2.75, 3.05) is 0 Å². The van der Waals surface area contributed by atoms with E-state index in [0.29, 0.717) is 5.92 Å². The minimum absolute atomic E-state index is 0.261. The Labute approximate surface area is 158 Å². The van der Waals surface area contributed by atoms with Crippen LogP contribution in [0, 0.1) is 5.92 Å². The molecule has 0 aromatic heterocycles. The Balaban J connectivity index is 1.84. The van der Waals surface area contributed by atoms with Gasteiger partial charge < -0.3 is 9.31 Å². The summed E-state index contributed by atoms with van der Waals surface area (Å²) in [5, 5.41) is 0.775. The van der Waals surface area contributed by atoms with Gasteiger partial charge in [0.05, 0.1) is 11.2 Å². The first kappa shape index (κ1) is 19.0. The molecule has 136 valence electrons. The Morgan fingerprint density at radius 3 is 2.16 bits per heavy atom. The SMILES string of the molecule is CC1(C)OB(/C(=C/C2CCCCC2)Cc2ccc(Cl)cc2)OC1(C)C. The van der Waals surface area contributed by atoms with Gasteiger partial charge in [-0.3, -0.25) is 0 Å². The van der Waals surface area contributed by atoms with Gasteiger partial charge in [-0.15, -0.1) is 0 Å². The highest BCUT2D eigenvalue weighted by Gasteiger charge is 2.52. The second-order valence-corrected chi connectivity index (χ2v) is 8.97. The lowest BCUT2D eigenvalue weighted by molar-refractivity contribution is 0.00578. The number of hydrogen-bond donors (Lipinski definition) is 0. The van der Waals surface area contributed by atoms with Gasteiger partial charge in [0.1, 0.15) is 0 Å². The second kappa shape index (κ2) is 7.46. The molecule has 0 atom stereocenters. The molecule has 1 aromatic carbocycles. The van der Waals surface area contributed by atoms with Gasteiger partial charge in [0.25, 0.3) is 0 Å². The predicted octanol–water partition coefficient (Wildman–Crippen LogP) is 6.02. The predicted molar refractivity (Wildman–Crippen MR) is 106 cm³/mol. The molecule has 3 rings (SSSR count). The molecule has 1 saturated carbocycles. The zero-order valence-corrected chi connectivity index (χ0v) is 16.7. The lowest BCUT2D eigenvalue weighted by Gasteiger charge is -2.32. The smallest absolute Gasteiger partial charge is 0.400 e. The zero-order chi connectivity index (χ0) is 18.1. The molecule has 1 aromatic rings. The summed E-state index contributed by atoms with van der Waals surface area (Å²) in [6.07, 6.45) is 9.89. The van der Waals surface area contributed by atoms with E-state index >= 15 is 0 Å². The van der Waals surface area contributed by atoms with Crippen LogP contribution in [-0.4, -0.2) is 18.3 Å². The van der Waals surface area contributed by atoms with Crippen LogP contribution in [0.2, 0.25) is 5.02 Å². The molecule has 1 heterocycles. The van der Waals surface area contributed by atoms with Crippen LogP contribution in [0.5, 0.6) is 0 Å². The Kier molecular flexibility index (Phi) is 5.67. The number of benzene rings is 1. The van der Waals surface area contributed by atoms with Gasteiger partial charge in [-0.2, -0.15) is 0 Å². The van der Waals surface area contributed by atoms with Crippen LogP contribution in [0.1, 0.15) is 65.4 Å². The highest BCUT2D eigenvalue weighted by atomic mass is 35.5. The Hall–Kier alpha value is -0.765. The molecule has 25 heavy (non-hydrogen) atoms. The van der Waals surface area contributed by atoms with Crippen molar-refractivity contribution in [1.29, 1.82) is 0 Å². The molecule has 1 aliphatic heterocycles. The maximum absolute atomic E-state index is 6.35. The average Bonchev–Trinajstić information content (AvgIpc) is 2.78.